The van der Waals surface area contributed by atoms with Crippen LogP contribution in [0.1, 0.15) is 5.56 Å². The minimum Gasteiger partial charge on any atom is -0.497 e. The Labute approximate surface area is 101 Å². The number of rotatable bonds is 5. The maximum atomic E-state index is 11.4. The molecule has 0 heterocycles. The van der Waals surface area contributed by atoms with E-state index >= 15 is 0 Å². The van der Waals surface area contributed by atoms with E-state index in [1.54, 1.807) is 14.2 Å². The van der Waals surface area contributed by atoms with Gasteiger partial charge in [-0.3, -0.25) is 0 Å². The van der Waals surface area contributed by atoms with E-state index in [0.29, 0.717) is 6.54 Å². The number of aliphatic hydroxyl groups is 1. The first kappa shape index (κ1) is 13.3. The first-order chi connectivity index (χ1) is 8.17. The number of methoxy groups -OCH3 is 1. The lowest BCUT2D eigenvalue weighted by atomic mass is 10.2. The first-order valence-corrected chi connectivity index (χ1v) is 5.29. The molecule has 5 nitrogen and oxygen atoms in total. The molecule has 17 heavy (non-hydrogen) atoms. The van der Waals surface area contributed by atoms with Gasteiger partial charge in [0.15, 0.2) is 0 Å². The second-order valence-corrected chi connectivity index (χ2v) is 3.55. The molecule has 0 spiro atoms. The van der Waals surface area contributed by atoms with Crippen molar-refractivity contribution in [3.63, 3.8) is 0 Å². The molecule has 1 aromatic carbocycles. The van der Waals surface area contributed by atoms with Crippen LogP contribution in [-0.4, -0.2) is 43.5 Å². The topological polar surface area (TPSA) is 59.0 Å². The molecule has 1 aromatic rings. The van der Waals surface area contributed by atoms with Crippen LogP contribution in [0.2, 0.25) is 0 Å². The third-order valence-electron chi connectivity index (χ3n) is 2.18. The van der Waals surface area contributed by atoms with Crippen LogP contribution in [0, 0.1) is 0 Å². The molecule has 1 N–H and O–H groups in total. The van der Waals surface area contributed by atoms with E-state index < -0.39 is 6.09 Å². The molecule has 0 bridgehead atoms. The number of hydrogen-bond acceptors (Lipinski definition) is 4. The zero-order chi connectivity index (χ0) is 12.7. The number of aliphatic hydroxyl groups excluding tert-OH is 1. The van der Waals surface area contributed by atoms with Gasteiger partial charge in [-0.15, -0.1) is 0 Å². The van der Waals surface area contributed by atoms with Gasteiger partial charge in [-0.05, 0) is 17.7 Å². The van der Waals surface area contributed by atoms with E-state index in [0.717, 1.165) is 11.3 Å². The first-order valence-electron chi connectivity index (χ1n) is 5.29. The maximum Gasteiger partial charge on any atom is 0.409 e. The molecule has 0 radical (unpaired) electrons. The molecule has 1 amide bonds. The third-order valence-corrected chi connectivity index (χ3v) is 2.18. The lowest BCUT2D eigenvalue weighted by Gasteiger charge is -2.17. The van der Waals surface area contributed by atoms with Crippen molar-refractivity contribution in [3.8, 4) is 5.75 Å². The Kier molecular flexibility index (Phi) is 5.29. The fraction of sp³-hybridized carbons (Fsp3) is 0.417. The standard InChI is InChI=1S/C12H17NO4/c1-13(12(15)17-7-6-14)9-10-4-3-5-11(8-10)16-2/h3-5,8,14H,6-7,9H2,1-2H3. The highest BCUT2D eigenvalue weighted by Gasteiger charge is 2.10. The zero-order valence-corrected chi connectivity index (χ0v) is 10.0. The van der Waals surface area contributed by atoms with Gasteiger partial charge in [0.25, 0.3) is 0 Å². The molecule has 0 fully saturated rings. The second-order valence-electron chi connectivity index (χ2n) is 3.55. The molecule has 0 aliphatic heterocycles. The zero-order valence-electron chi connectivity index (χ0n) is 10.0. The highest BCUT2D eigenvalue weighted by Crippen LogP contribution is 2.14. The van der Waals surface area contributed by atoms with Crippen LogP contribution in [0.5, 0.6) is 5.75 Å². The number of amides is 1. The van der Waals surface area contributed by atoms with E-state index in [1.165, 1.54) is 4.90 Å². The molecule has 0 aliphatic carbocycles. The molecule has 0 saturated heterocycles. The highest BCUT2D eigenvalue weighted by molar-refractivity contribution is 5.67. The number of carbonyl (C=O) groups is 1. The van der Waals surface area contributed by atoms with Crippen molar-refractivity contribution in [2.24, 2.45) is 0 Å². The molecule has 0 aromatic heterocycles. The maximum absolute atomic E-state index is 11.4. The van der Waals surface area contributed by atoms with Gasteiger partial charge in [-0.1, -0.05) is 12.1 Å². The van der Waals surface area contributed by atoms with E-state index in [1.807, 2.05) is 24.3 Å². The SMILES string of the molecule is COc1cccc(CN(C)C(=O)OCCO)c1. The van der Waals surface area contributed by atoms with Gasteiger partial charge in [0.1, 0.15) is 12.4 Å². The summed E-state index contributed by atoms with van der Waals surface area (Å²) in [6.07, 6.45) is -0.457. The van der Waals surface area contributed by atoms with Crippen LogP contribution < -0.4 is 4.74 Å². The number of carbonyl (C=O) groups excluding carboxylic acids is 1. The molecule has 94 valence electrons. The molecular formula is C12H17NO4. The van der Waals surface area contributed by atoms with Crippen molar-refractivity contribution in [3.05, 3.63) is 29.8 Å². The molecule has 5 heteroatoms. The predicted molar refractivity (Wildman–Crippen MR) is 62.9 cm³/mol. The normalized spacial score (nSPS) is 9.82. The van der Waals surface area contributed by atoms with Crippen LogP contribution >= 0.6 is 0 Å². The Morgan fingerprint density at radius 3 is 2.88 bits per heavy atom. The molecule has 0 atom stereocenters. The van der Waals surface area contributed by atoms with Crippen molar-refractivity contribution in [1.82, 2.24) is 4.90 Å². The van der Waals surface area contributed by atoms with Crippen LogP contribution in [-0.2, 0) is 11.3 Å². The predicted octanol–water partition coefficient (Wildman–Crippen LogP) is 1.26. The summed E-state index contributed by atoms with van der Waals surface area (Å²) >= 11 is 0. The molecular weight excluding hydrogens is 222 g/mol. The Morgan fingerprint density at radius 2 is 2.24 bits per heavy atom. The summed E-state index contributed by atoms with van der Waals surface area (Å²) in [6.45, 7) is 0.279. The second kappa shape index (κ2) is 6.75. The van der Waals surface area contributed by atoms with Crippen LogP contribution in [0.3, 0.4) is 0 Å². The van der Waals surface area contributed by atoms with Crippen molar-refractivity contribution in [2.45, 2.75) is 6.54 Å². The van der Waals surface area contributed by atoms with Crippen LogP contribution in [0.25, 0.3) is 0 Å². The van der Waals surface area contributed by atoms with Crippen LogP contribution in [0.4, 0.5) is 4.79 Å². The fourth-order valence-corrected chi connectivity index (χ4v) is 1.35. The van der Waals surface area contributed by atoms with Crippen molar-refractivity contribution < 1.29 is 19.4 Å². The smallest absolute Gasteiger partial charge is 0.409 e. The van der Waals surface area contributed by atoms with E-state index in [-0.39, 0.29) is 13.2 Å². The van der Waals surface area contributed by atoms with Crippen LogP contribution in [0.15, 0.2) is 24.3 Å². The Morgan fingerprint density at radius 1 is 1.47 bits per heavy atom. The highest BCUT2D eigenvalue weighted by atomic mass is 16.6. The average Bonchev–Trinajstić information content (AvgIpc) is 2.36. The van der Waals surface area contributed by atoms with Gasteiger partial charge < -0.3 is 19.5 Å². The van der Waals surface area contributed by atoms with Gasteiger partial charge in [-0.2, -0.15) is 0 Å². The Bertz CT molecular complexity index is 367. The average molecular weight is 239 g/mol. The summed E-state index contributed by atoms with van der Waals surface area (Å²) in [5, 5.41) is 8.54. The quantitative estimate of drug-likeness (QED) is 0.840. The van der Waals surface area contributed by atoms with E-state index in [4.69, 9.17) is 14.6 Å². The molecule has 0 aliphatic rings. The molecule has 1 rings (SSSR count). The molecule has 0 saturated carbocycles. The van der Waals surface area contributed by atoms with Gasteiger partial charge in [0.2, 0.25) is 0 Å². The minimum absolute atomic E-state index is 0.0152. The Balaban J connectivity index is 2.54. The summed E-state index contributed by atoms with van der Waals surface area (Å²) < 4.78 is 9.88. The lowest BCUT2D eigenvalue weighted by Crippen LogP contribution is -2.27. The largest absolute Gasteiger partial charge is 0.497 e. The summed E-state index contributed by atoms with van der Waals surface area (Å²) in [5.41, 5.74) is 0.952. The van der Waals surface area contributed by atoms with Crippen molar-refractivity contribution in [2.75, 3.05) is 27.4 Å². The van der Waals surface area contributed by atoms with Gasteiger partial charge in [-0.25, -0.2) is 4.79 Å². The number of hydrogen-bond donors (Lipinski definition) is 1. The summed E-state index contributed by atoms with van der Waals surface area (Å²) in [7, 11) is 3.23. The summed E-state index contributed by atoms with van der Waals surface area (Å²) in [6, 6.07) is 7.46. The van der Waals surface area contributed by atoms with Gasteiger partial charge in [0, 0.05) is 13.6 Å². The Hall–Kier alpha value is -1.75. The van der Waals surface area contributed by atoms with Gasteiger partial charge in [0.05, 0.1) is 13.7 Å². The van der Waals surface area contributed by atoms with Crippen molar-refractivity contribution in [1.29, 1.82) is 0 Å². The third kappa shape index (κ3) is 4.32. The van der Waals surface area contributed by atoms with E-state index in [2.05, 4.69) is 0 Å². The minimum atomic E-state index is -0.457. The van der Waals surface area contributed by atoms with Gasteiger partial charge >= 0.3 is 6.09 Å². The monoisotopic (exact) mass is 239 g/mol. The summed E-state index contributed by atoms with van der Waals surface area (Å²) in [4.78, 5) is 12.9. The number of nitrogens with zero attached hydrogens (tertiary/aromatic N) is 1. The van der Waals surface area contributed by atoms with E-state index in [9.17, 15) is 4.79 Å². The fourth-order valence-electron chi connectivity index (χ4n) is 1.35. The van der Waals surface area contributed by atoms with Crippen molar-refractivity contribution >= 4 is 6.09 Å². The number of benzene rings is 1. The number of ether oxygens (including phenoxy) is 2. The molecule has 0 unspecified atom stereocenters. The summed E-state index contributed by atoms with van der Waals surface area (Å²) in [5.74, 6) is 0.750. The lowest BCUT2D eigenvalue weighted by molar-refractivity contribution is 0.0893.